The van der Waals surface area contributed by atoms with Crippen LogP contribution in [0.5, 0.6) is 0 Å². The Kier molecular flexibility index (Phi) is 3.05. The van der Waals surface area contributed by atoms with E-state index in [0.717, 1.165) is 12.0 Å². The molecule has 0 spiro atoms. The molecule has 1 aliphatic heterocycles. The van der Waals surface area contributed by atoms with Gasteiger partial charge in [0.15, 0.2) is 5.69 Å². The average Bonchev–Trinajstić information content (AvgIpc) is 2.77. The minimum atomic E-state index is -1.04. The van der Waals surface area contributed by atoms with Crippen LogP contribution in [0.25, 0.3) is 11.3 Å². The summed E-state index contributed by atoms with van der Waals surface area (Å²) in [7, 11) is 1.70. The lowest BCUT2D eigenvalue weighted by Crippen LogP contribution is -2.08. The standard InChI is InChI=1S/C14H13FN2O2S/c1-3-9-10-11(14(18)19)16-17(2)12(10)7-5-4-6-8(15)13(7)20-9/h4-6,9H,3H2,1-2H3,(H,18,19). The summed E-state index contributed by atoms with van der Waals surface area (Å²) < 4.78 is 15.5. The number of aromatic carboxylic acids is 1. The molecule has 2 aromatic rings. The van der Waals surface area contributed by atoms with Gasteiger partial charge in [-0.3, -0.25) is 4.68 Å². The summed E-state index contributed by atoms with van der Waals surface area (Å²) in [5, 5.41) is 13.3. The lowest BCUT2D eigenvalue weighted by atomic mass is 10.0. The van der Waals surface area contributed by atoms with Crippen molar-refractivity contribution >= 4 is 17.7 Å². The van der Waals surface area contributed by atoms with Crippen LogP contribution in [0.3, 0.4) is 0 Å². The molecule has 0 saturated carbocycles. The Morgan fingerprint density at radius 3 is 2.95 bits per heavy atom. The number of fused-ring (bicyclic) bond motifs is 3. The first kappa shape index (κ1) is 13.2. The third-order valence-corrected chi connectivity index (χ3v) is 4.97. The Hall–Kier alpha value is -1.82. The molecular formula is C14H13FN2O2S. The van der Waals surface area contributed by atoms with E-state index in [1.54, 1.807) is 17.8 Å². The number of aryl methyl sites for hydroxylation is 1. The van der Waals surface area contributed by atoms with Crippen LogP contribution in [0.1, 0.15) is 34.6 Å². The largest absolute Gasteiger partial charge is 0.476 e. The first-order valence-corrected chi connectivity index (χ1v) is 7.18. The number of hydrogen-bond acceptors (Lipinski definition) is 3. The van der Waals surface area contributed by atoms with Gasteiger partial charge in [-0.25, -0.2) is 9.18 Å². The number of carbonyl (C=O) groups is 1. The van der Waals surface area contributed by atoms with Gasteiger partial charge in [0, 0.05) is 23.4 Å². The summed E-state index contributed by atoms with van der Waals surface area (Å²) in [6, 6.07) is 4.87. The van der Waals surface area contributed by atoms with Gasteiger partial charge >= 0.3 is 5.97 Å². The second-order valence-corrected chi connectivity index (χ2v) is 5.88. The normalized spacial score (nSPS) is 16.6. The predicted octanol–water partition coefficient (Wildman–Crippen LogP) is 3.48. The molecule has 20 heavy (non-hydrogen) atoms. The van der Waals surface area contributed by atoms with Crippen LogP contribution < -0.4 is 0 Å². The van der Waals surface area contributed by atoms with E-state index in [1.165, 1.54) is 17.8 Å². The second-order valence-electron chi connectivity index (χ2n) is 4.67. The summed E-state index contributed by atoms with van der Waals surface area (Å²) in [4.78, 5) is 11.9. The molecule has 4 nitrogen and oxygen atoms in total. The zero-order chi connectivity index (χ0) is 14.4. The highest BCUT2D eigenvalue weighted by atomic mass is 32.2. The third kappa shape index (κ3) is 1.75. The Labute approximate surface area is 119 Å². The van der Waals surface area contributed by atoms with Crippen LogP contribution in [0.4, 0.5) is 4.39 Å². The van der Waals surface area contributed by atoms with Crippen LogP contribution in [0.2, 0.25) is 0 Å². The fourth-order valence-electron chi connectivity index (χ4n) is 2.63. The van der Waals surface area contributed by atoms with E-state index in [4.69, 9.17) is 0 Å². The predicted molar refractivity (Wildman–Crippen MR) is 74.5 cm³/mol. The van der Waals surface area contributed by atoms with E-state index in [-0.39, 0.29) is 16.8 Å². The number of carboxylic acid groups (broad SMARTS) is 1. The molecule has 1 aromatic heterocycles. The molecule has 1 aliphatic rings. The monoisotopic (exact) mass is 292 g/mol. The SMILES string of the molecule is CCC1Sc2c(F)cccc2-c2c1c(C(=O)O)nn2C. The highest BCUT2D eigenvalue weighted by molar-refractivity contribution is 7.99. The molecule has 1 atom stereocenters. The van der Waals surface area contributed by atoms with Gasteiger partial charge in [-0.05, 0) is 12.5 Å². The fraction of sp³-hybridized carbons (Fsp3) is 0.286. The minimum absolute atomic E-state index is 0.0664. The molecule has 0 amide bonds. The minimum Gasteiger partial charge on any atom is -0.476 e. The van der Waals surface area contributed by atoms with Crippen molar-refractivity contribution < 1.29 is 14.3 Å². The highest BCUT2D eigenvalue weighted by Gasteiger charge is 2.34. The van der Waals surface area contributed by atoms with Gasteiger partial charge in [-0.1, -0.05) is 19.1 Å². The van der Waals surface area contributed by atoms with Gasteiger partial charge < -0.3 is 5.11 Å². The average molecular weight is 292 g/mol. The van der Waals surface area contributed by atoms with Gasteiger partial charge in [0.25, 0.3) is 0 Å². The van der Waals surface area contributed by atoms with Crippen LogP contribution in [-0.4, -0.2) is 20.9 Å². The number of halogens is 1. The number of rotatable bonds is 2. The molecule has 2 heterocycles. The number of carboxylic acids is 1. The van der Waals surface area contributed by atoms with Gasteiger partial charge in [-0.2, -0.15) is 5.10 Å². The van der Waals surface area contributed by atoms with Crippen molar-refractivity contribution in [3.63, 3.8) is 0 Å². The van der Waals surface area contributed by atoms with Gasteiger partial charge in [0.2, 0.25) is 0 Å². The lowest BCUT2D eigenvalue weighted by molar-refractivity contribution is 0.0688. The van der Waals surface area contributed by atoms with Crippen LogP contribution in [0, 0.1) is 5.82 Å². The summed E-state index contributed by atoms with van der Waals surface area (Å²) in [6.07, 6.45) is 0.720. The quantitative estimate of drug-likeness (QED) is 0.920. The zero-order valence-electron chi connectivity index (χ0n) is 11.1. The molecule has 0 aliphatic carbocycles. The van der Waals surface area contributed by atoms with E-state index in [9.17, 15) is 14.3 Å². The number of nitrogens with zero attached hydrogens (tertiary/aromatic N) is 2. The molecule has 0 bridgehead atoms. The van der Waals surface area contributed by atoms with Crippen LogP contribution in [0.15, 0.2) is 23.1 Å². The molecule has 1 unspecified atom stereocenters. The highest BCUT2D eigenvalue weighted by Crippen LogP contribution is 2.52. The Morgan fingerprint density at radius 2 is 2.30 bits per heavy atom. The fourth-order valence-corrected chi connectivity index (χ4v) is 3.89. The smallest absolute Gasteiger partial charge is 0.356 e. The topological polar surface area (TPSA) is 55.1 Å². The van der Waals surface area contributed by atoms with Crippen molar-refractivity contribution in [3.05, 3.63) is 35.3 Å². The summed E-state index contributed by atoms with van der Waals surface area (Å²) in [5.74, 6) is -1.31. The summed E-state index contributed by atoms with van der Waals surface area (Å²) in [5.41, 5.74) is 2.20. The Balaban J connectivity index is 2.35. The Morgan fingerprint density at radius 1 is 1.55 bits per heavy atom. The van der Waals surface area contributed by atoms with Crippen molar-refractivity contribution in [3.8, 4) is 11.3 Å². The number of hydrogen-bond donors (Lipinski definition) is 1. The molecule has 3 rings (SSSR count). The number of aromatic nitrogens is 2. The third-order valence-electron chi connectivity index (χ3n) is 3.46. The summed E-state index contributed by atoms with van der Waals surface area (Å²) in [6.45, 7) is 1.96. The van der Waals surface area contributed by atoms with Crippen molar-refractivity contribution in [2.75, 3.05) is 0 Å². The first-order chi connectivity index (χ1) is 9.54. The molecular weight excluding hydrogens is 279 g/mol. The molecule has 6 heteroatoms. The summed E-state index contributed by atoms with van der Waals surface area (Å²) >= 11 is 1.38. The van der Waals surface area contributed by atoms with Crippen molar-refractivity contribution in [1.82, 2.24) is 9.78 Å². The van der Waals surface area contributed by atoms with Crippen molar-refractivity contribution in [2.24, 2.45) is 7.05 Å². The molecule has 0 saturated heterocycles. The van der Waals surface area contributed by atoms with E-state index in [1.807, 2.05) is 13.0 Å². The van der Waals surface area contributed by atoms with E-state index in [2.05, 4.69) is 5.10 Å². The second kappa shape index (κ2) is 4.63. The first-order valence-electron chi connectivity index (χ1n) is 6.30. The maximum Gasteiger partial charge on any atom is 0.356 e. The van der Waals surface area contributed by atoms with Gasteiger partial charge in [0.05, 0.1) is 10.6 Å². The van der Waals surface area contributed by atoms with Crippen molar-refractivity contribution in [2.45, 2.75) is 23.5 Å². The number of benzene rings is 1. The molecule has 1 aromatic carbocycles. The zero-order valence-corrected chi connectivity index (χ0v) is 11.9. The molecule has 0 radical (unpaired) electrons. The van der Waals surface area contributed by atoms with Gasteiger partial charge in [-0.15, -0.1) is 11.8 Å². The maximum atomic E-state index is 14.0. The molecule has 0 fully saturated rings. The lowest BCUT2D eigenvalue weighted by Gasteiger charge is -2.24. The Bertz CT molecular complexity index is 711. The maximum absolute atomic E-state index is 14.0. The van der Waals surface area contributed by atoms with E-state index < -0.39 is 5.97 Å². The van der Waals surface area contributed by atoms with Crippen LogP contribution >= 0.6 is 11.8 Å². The van der Waals surface area contributed by atoms with Gasteiger partial charge in [0.1, 0.15) is 5.82 Å². The molecule has 1 N–H and O–H groups in total. The van der Waals surface area contributed by atoms with E-state index >= 15 is 0 Å². The number of thioether (sulfide) groups is 1. The molecule has 104 valence electrons. The van der Waals surface area contributed by atoms with E-state index in [0.29, 0.717) is 16.2 Å². The van der Waals surface area contributed by atoms with Crippen LogP contribution in [-0.2, 0) is 7.05 Å². The van der Waals surface area contributed by atoms with Crippen molar-refractivity contribution in [1.29, 1.82) is 0 Å².